The number of halogens is 3. The van der Waals surface area contributed by atoms with Gasteiger partial charge in [-0.15, -0.1) is 13.2 Å². The first-order valence-electron chi connectivity index (χ1n) is 9.93. The molecule has 160 valence electrons. The molecule has 1 aromatic carbocycles. The Morgan fingerprint density at radius 1 is 1.21 bits per heavy atom. The zero-order valence-corrected chi connectivity index (χ0v) is 17.4. The van der Waals surface area contributed by atoms with E-state index in [0.29, 0.717) is 18.6 Å². The van der Waals surface area contributed by atoms with E-state index >= 15 is 0 Å². The average molecular weight is 428 g/mol. The van der Waals surface area contributed by atoms with E-state index in [9.17, 15) is 13.2 Å². The van der Waals surface area contributed by atoms with Gasteiger partial charge >= 0.3 is 6.36 Å². The lowest BCUT2D eigenvalue weighted by Gasteiger charge is -2.41. The second-order valence-corrected chi connectivity index (χ2v) is 8.27. The lowest BCUT2D eigenvalue weighted by molar-refractivity contribution is -0.274. The fraction of sp³-hybridized carbons (Fsp3) is 0.524. The van der Waals surface area contributed by atoms with Crippen molar-refractivity contribution in [2.75, 3.05) is 24.5 Å². The van der Waals surface area contributed by atoms with Crippen LogP contribution in [0.25, 0.3) is 0 Å². The fourth-order valence-electron chi connectivity index (χ4n) is 3.91. The van der Waals surface area contributed by atoms with Gasteiger partial charge in [-0.25, -0.2) is 0 Å². The number of anilines is 1. The number of nitrogens with two attached hydrogens (primary N) is 1. The van der Waals surface area contributed by atoms with E-state index < -0.39 is 6.36 Å². The summed E-state index contributed by atoms with van der Waals surface area (Å²) in [6.45, 7) is 5.65. The Balaban J connectivity index is 1.72. The molecule has 2 aromatic rings. The van der Waals surface area contributed by atoms with Crippen molar-refractivity contribution < 1.29 is 17.9 Å². The minimum absolute atomic E-state index is 0.192. The van der Waals surface area contributed by atoms with E-state index in [1.165, 1.54) is 17.7 Å². The van der Waals surface area contributed by atoms with Crippen molar-refractivity contribution >= 4 is 17.0 Å². The SMILES string of the molecule is C[C@H](CCN)N1CCC(N(Cc2ccsc2)c2ccc(OC(F)(F)F)cc2)CC1. The van der Waals surface area contributed by atoms with E-state index in [1.54, 1.807) is 23.5 Å². The highest BCUT2D eigenvalue weighted by Crippen LogP contribution is 2.30. The molecule has 1 fully saturated rings. The average Bonchev–Trinajstić information content (AvgIpc) is 3.19. The third kappa shape index (κ3) is 6.35. The Morgan fingerprint density at radius 2 is 1.90 bits per heavy atom. The number of nitrogens with zero attached hydrogens (tertiary/aromatic N) is 2. The summed E-state index contributed by atoms with van der Waals surface area (Å²) >= 11 is 1.65. The third-order valence-corrected chi connectivity index (χ3v) is 6.21. The van der Waals surface area contributed by atoms with Gasteiger partial charge in [0.05, 0.1) is 0 Å². The molecule has 1 aromatic heterocycles. The molecule has 1 aliphatic rings. The Bertz CT molecular complexity index is 729. The molecule has 4 nitrogen and oxygen atoms in total. The first-order chi connectivity index (χ1) is 13.9. The number of hydrogen-bond acceptors (Lipinski definition) is 5. The smallest absolute Gasteiger partial charge is 0.406 e. The van der Waals surface area contributed by atoms with E-state index in [0.717, 1.165) is 44.6 Å². The summed E-state index contributed by atoms with van der Waals surface area (Å²) in [6.07, 6.45) is -1.66. The molecule has 0 saturated carbocycles. The van der Waals surface area contributed by atoms with Crippen LogP contribution < -0.4 is 15.4 Å². The van der Waals surface area contributed by atoms with Gasteiger partial charge < -0.3 is 20.3 Å². The van der Waals surface area contributed by atoms with Crippen LogP contribution in [0.4, 0.5) is 18.9 Å². The van der Waals surface area contributed by atoms with Crippen molar-refractivity contribution in [3.63, 3.8) is 0 Å². The van der Waals surface area contributed by atoms with E-state index in [4.69, 9.17) is 5.73 Å². The number of rotatable bonds is 8. The molecule has 2 N–H and O–H groups in total. The number of hydrogen-bond donors (Lipinski definition) is 1. The van der Waals surface area contributed by atoms with Gasteiger partial charge in [0.2, 0.25) is 0 Å². The van der Waals surface area contributed by atoms with Crippen LogP contribution in [-0.4, -0.2) is 43.0 Å². The molecule has 0 unspecified atom stereocenters. The summed E-state index contributed by atoms with van der Waals surface area (Å²) in [5, 5.41) is 4.16. The normalized spacial score (nSPS) is 17.3. The number of likely N-dealkylation sites (tertiary alicyclic amines) is 1. The zero-order valence-electron chi connectivity index (χ0n) is 16.6. The number of ether oxygens (including phenoxy) is 1. The van der Waals surface area contributed by atoms with E-state index in [2.05, 4.69) is 32.9 Å². The van der Waals surface area contributed by atoms with Crippen LogP contribution in [0.2, 0.25) is 0 Å². The van der Waals surface area contributed by atoms with Crippen molar-refractivity contribution in [3.8, 4) is 5.75 Å². The Morgan fingerprint density at radius 3 is 2.45 bits per heavy atom. The van der Waals surface area contributed by atoms with Crippen molar-refractivity contribution in [1.29, 1.82) is 0 Å². The molecule has 0 radical (unpaired) electrons. The number of piperidine rings is 1. The minimum Gasteiger partial charge on any atom is -0.406 e. The maximum Gasteiger partial charge on any atom is 0.573 e. The molecular formula is C21H28F3N3OS. The fourth-order valence-corrected chi connectivity index (χ4v) is 4.57. The predicted octanol–water partition coefficient (Wildman–Crippen LogP) is 4.86. The van der Waals surface area contributed by atoms with Gasteiger partial charge in [0, 0.05) is 37.4 Å². The quantitative estimate of drug-likeness (QED) is 0.654. The van der Waals surface area contributed by atoms with Gasteiger partial charge in [-0.2, -0.15) is 11.3 Å². The summed E-state index contributed by atoms with van der Waals surface area (Å²) in [4.78, 5) is 4.79. The van der Waals surface area contributed by atoms with Crippen molar-refractivity contribution in [2.24, 2.45) is 5.73 Å². The van der Waals surface area contributed by atoms with E-state index in [1.807, 2.05) is 5.38 Å². The molecule has 0 bridgehead atoms. The molecule has 1 aliphatic heterocycles. The maximum absolute atomic E-state index is 12.5. The van der Waals surface area contributed by atoms with Gasteiger partial charge in [-0.1, -0.05) is 0 Å². The van der Waals surface area contributed by atoms with Crippen LogP contribution in [0.5, 0.6) is 5.75 Å². The van der Waals surface area contributed by atoms with Crippen LogP contribution >= 0.6 is 11.3 Å². The highest BCUT2D eigenvalue weighted by molar-refractivity contribution is 7.07. The molecule has 29 heavy (non-hydrogen) atoms. The standard InChI is InChI=1S/C21H28F3N3OS/c1-16(6-10-25)26-11-7-19(8-12-26)27(14-17-9-13-29-15-17)18-2-4-20(5-3-18)28-21(22,23)24/h2-5,9,13,15-16,19H,6-8,10-12,14,25H2,1H3/t16-/m1/s1. The first-order valence-corrected chi connectivity index (χ1v) is 10.9. The van der Waals surface area contributed by atoms with Gasteiger partial charge in [0.1, 0.15) is 5.75 Å². The molecular weight excluding hydrogens is 399 g/mol. The topological polar surface area (TPSA) is 41.7 Å². The Kier molecular flexibility index (Phi) is 7.43. The van der Waals surface area contributed by atoms with Gasteiger partial charge in [0.15, 0.2) is 0 Å². The number of thiophene rings is 1. The van der Waals surface area contributed by atoms with Crippen LogP contribution in [-0.2, 0) is 6.54 Å². The number of alkyl halides is 3. The molecule has 2 heterocycles. The Hall–Kier alpha value is -1.77. The lowest BCUT2D eigenvalue weighted by Crippen LogP contribution is -2.47. The molecule has 1 atom stereocenters. The zero-order chi connectivity index (χ0) is 20.9. The van der Waals surface area contributed by atoms with Crippen molar-refractivity contribution in [1.82, 2.24) is 4.90 Å². The van der Waals surface area contributed by atoms with Crippen LogP contribution in [0, 0.1) is 0 Å². The predicted molar refractivity (Wildman–Crippen MR) is 111 cm³/mol. The summed E-state index contributed by atoms with van der Waals surface area (Å²) in [7, 11) is 0. The van der Waals surface area contributed by atoms with Crippen LogP contribution in [0.1, 0.15) is 31.7 Å². The first kappa shape index (κ1) is 21.9. The van der Waals surface area contributed by atoms with Gasteiger partial charge in [-0.3, -0.25) is 0 Å². The molecule has 1 saturated heterocycles. The molecule has 0 aliphatic carbocycles. The number of benzene rings is 1. The van der Waals surface area contributed by atoms with Crippen molar-refractivity contribution in [2.45, 2.75) is 51.2 Å². The second kappa shape index (κ2) is 9.82. The second-order valence-electron chi connectivity index (χ2n) is 7.49. The van der Waals surface area contributed by atoms with Crippen molar-refractivity contribution in [3.05, 3.63) is 46.7 Å². The largest absolute Gasteiger partial charge is 0.573 e. The third-order valence-electron chi connectivity index (χ3n) is 5.48. The summed E-state index contributed by atoms with van der Waals surface area (Å²) in [5.41, 5.74) is 7.83. The monoisotopic (exact) mass is 427 g/mol. The van der Waals surface area contributed by atoms with Crippen LogP contribution in [0.15, 0.2) is 41.1 Å². The minimum atomic E-state index is -4.68. The summed E-state index contributed by atoms with van der Waals surface area (Å²) in [5.74, 6) is -0.192. The molecule has 0 amide bonds. The molecule has 8 heteroatoms. The van der Waals surface area contributed by atoms with Gasteiger partial charge in [0.25, 0.3) is 0 Å². The van der Waals surface area contributed by atoms with Crippen LogP contribution in [0.3, 0.4) is 0 Å². The molecule has 3 rings (SSSR count). The lowest BCUT2D eigenvalue weighted by atomic mass is 9.99. The maximum atomic E-state index is 12.5. The highest BCUT2D eigenvalue weighted by Gasteiger charge is 2.31. The molecule has 0 spiro atoms. The van der Waals surface area contributed by atoms with E-state index in [-0.39, 0.29) is 5.75 Å². The summed E-state index contributed by atoms with van der Waals surface area (Å²) < 4.78 is 41.4. The van der Waals surface area contributed by atoms with Gasteiger partial charge in [-0.05, 0) is 79.4 Å². The summed E-state index contributed by atoms with van der Waals surface area (Å²) in [6, 6.07) is 9.13. The Labute approximate surface area is 174 Å². The highest BCUT2D eigenvalue weighted by atomic mass is 32.1.